The molecule has 5 heteroatoms. The molecule has 0 N–H and O–H groups in total. The van der Waals surface area contributed by atoms with E-state index >= 15 is 0 Å². The Labute approximate surface area is 111 Å². The van der Waals surface area contributed by atoms with Crippen molar-refractivity contribution in [2.45, 2.75) is 0 Å². The first-order valence-electron chi connectivity index (χ1n) is 4.91. The van der Waals surface area contributed by atoms with Crippen molar-refractivity contribution in [3.8, 4) is 11.5 Å². The van der Waals surface area contributed by atoms with Gasteiger partial charge in [-0.3, -0.25) is 0 Å². The van der Waals surface area contributed by atoms with Crippen molar-refractivity contribution in [1.29, 1.82) is 0 Å². The molecule has 2 heterocycles. The summed E-state index contributed by atoms with van der Waals surface area (Å²) in [5, 5.41) is 0.652. The second-order valence-corrected chi connectivity index (χ2v) is 4.73. The Hall–Kier alpha value is -1.39. The van der Waals surface area contributed by atoms with E-state index in [1.54, 1.807) is 6.07 Å². The van der Waals surface area contributed by atoms with Crippen LogP contribution in [0, 0.1) is 0 Å². The zero-order valence-corrected chi connectivity index (χ0v) is 10.9. The third-order valence-electron chi connectivity index (χ3n) is 2.29. The number of halogens is 2. The van der Waals surface area contributed by atoms with Crippen LogP contribution in [0.1, 0.15) is 0 Å². The summed E-state index contributed by atoms with van der Waals surface area (Å²) in [6.07, 6.45) is 0. The van der Waals surface area contributed by atoms with Gasteiger partial charge < -0.3 is 4.42 Å². The molecule has 0 unspecified atom stereocenters. The summed E-state index contributed by atoms with van der Waals surface area (Å²) in [5.41, 5.74) is 2.07. The van der Waals surface area contributed by atoms with Crippen molar-refractivity contribution in [3.05, 3.63) is 46.0 Å². The second kappa shape index (κ2) is 4.13. The first kappa shape index (κ1) is 10.7. The van der Waals surface area contributed by atoms with Crippen molar-refractivity contribution < 1.29 is 4.42 Å². The van der Waals surface area contributed by atoms with E-state index in [0.717, 1.165) is 10.2 Å². The Morgan fingerprint density at radius 1 is 1.12 bits per heavy atom. The largest absolute Gasteiger partial charge is 0.434 e. The zero-order chi connectivity index (χ0) is 11.8. The summed E-state index contributed by atoms with van der Waals surface area (Å²) in [6.45, 7) is 0. The number of fused-ring (bicyclic) bond motifs is 1. The number of nitrogens with zero attached hydrogens (tertiary/aromatic N) is 2. The number of hydrogen-bond acceptors (Lipinski definition) is 3. The number of rotatable bonds is 1. The maximum atomic E-state index is 5.93. The fourth-order valence-electron chi connectivity index (χ4n) is 1.54. The minimum atomic E-state index is 0.521. The summed E-state index contributed by atoms with van der Waals surface area (Å²) < 4.78 is 6.34. The molecule has 3 rings (SSSR count). The average Bonchev–Trinajstić information content (AvgIpc) is 2.72. The van der Waals surface area contributed by atoms with Gasteiger partial charge in [-0.15, -0.1) is 0 Å². The molecule has 2 aromatic heterocycles. The van der Waals surface area contributed by atoms with Crippen molar-refractivity contribution in [2.24, 2.45) is 0 Å². The standard InChI is InChI=1S/C12H6BrClN2O/c13-10-5-4-9-11(15-10)16-12(17-9)7-2-1-3-8(14)6-7/h1-6H. The second-order valence-electron chi connectivity index (χ2n) is 3.49. The van der Waals surface area contributed by atoms with E-state index in [-0.39, 0.29) is 0 Å². The molecule has 3 aromatic rings. The molecule has 0 saturated heterocycles. The SMILES string of the molecule is Clc1cccc(-c2nc3nc(Br)ccc3o2)c1. The lowest BCUT2D eigenvalue weighted by molar-refractivity contribution is 0.619. The third-order valence-corrected chi connectivity index (χ3v) is 2.97. The molecular formula is C12H6BrClN2O. The molecule has 17 heavy (non-hydrogen) atoms. The highest BCUT2D eigenvalue weighted by atomic mass is 79.9. The molecule has 3 nitrogen and oxygen atoms in total. The Bertz CT molecular complexity index is 696. The van der Waals surface area contributed by atoms with Crippen LogP contribution in [0.25, 0.3) is 22.7 Å². The van der Waals surface area contributed by atoms with E-state index < -0.39 is 0 Å². The molecule has 0 saturated carbocycles. The van der Waals surface area contributed by atoms with Crippen LogP contribution in [-0.2, 0) is 0 Å². The van der Waals surface area contributed by atoms with Gasteiger partial charge in [0.25, 0.3) is 0 Å². The summed E-state index contributed by atoms with van der Waals surface area (Å²) in [4.78, 5) is 8.54. The van der Waals surface area contributed by atoms with Crippen LogP contribution < -0.4 is 0 Å². The lowest BCUT2D eigenvalue weighted by Gasteiger charge is -1.94. The van der Waals surface area contributed by atoms with Gasteiger partial charge in [-0.05, 0) is 46.3 Å². The van der Waals surface area contributed by atoms with Gasteiger partial charge >= 0.3 is 0 Å². The number of pyridine rings is 1. The van der Waals surface area contributed by atoms with Gasteiger partial charge in [0.05, 0.1) is 0 Å². The number of oxazole rings is 1. The van der Waals surface area contributed by atoms with Gasteiger partial charge in [0.2, 0.25) is 5.89 Å². The van der Waals surface area contributed by atoms with Crippen molar-refractivity contribution >= 4 is 38.8 Å². The van der Waals surface area contributed by atoms with Crippen LogP contribution in [0.15, 0.2) is 45.4 Å². The molecule has 84 valence electrons. The lowest BCUT2D eigenvalue weighted by atomic mass is 10.2. The molecule has 0 amide bonds. The normalized spacial score (nSPS) is 10.9. The van der Waals surface area contributed by atoms with E-state index in [1.165, 1.54) is 0 Å². The van der Waals surface area contributed by atoms with Crippen LogP contribution in [-0.4, -0.2) is 9.97 Å². The van der Waals surface area contributed by atoms with E-state index in [9.17, 15) is 0 Å². The molecular weight excluding hydrogens is 304 g/mol. The van der Waals surface area contributed by atoms with Crippen LogP contribution in [0.5, 0.6) is 0 Å². The van der Waals surface area contributed by atoms with Crippen LogP contribution >= 0.6 is 27.5 Å². The summed E-state index contributed by atoms with van der Waals surface area (Å²) in [5.74, 6) is 0.521. The predicted octanol–water partition coefficient (Wildman–Crippen LogP) is 4.31. The summed E-state index contributed by atoms with van der Waals surface area (Å²) in [7, 11) is 0. The summed E-state index contributed by atoms with van der Waals surface area (Å²) in [6, 6.07) is 11.0. The van der Waals surface area contributed by atoms with Gasteiger partial charge in [0.1, 0.15) is 4.60 Å². The molecule has 0 fully saturated rings. The van der Waals surface area contributed by atoms with E-state index in [4.69, 9.17) is 16.0 Å². The van der Waals surface area contributed by atoms with E-state index in [0.29, 0.717) is 22.1 Å². The maximum absolute atomic E-state index is 5.93. The Morgan fingerprint density at radius 2 is 2.00 bits per heavy atom. The number of aromatic nitrogens is 2. The first-order chi connectivity index (χ1) is 8.22. The first-order valence-corrected chi connectivity index (χ1v) is 6.08. The van der Waals surface area contributed by atoms with Gasteiger partial charge in [-0.2, -0.15) is 4.98 Å². The topological polar surface area (TPSA) is 38.9 Å². The molecule has 0 aliphatic heterocycles. The molecule has 0 aliphatic rings. The highest BCUT2D eigenvalue weighted by Gasteiger charge is 2.09. The fourth-order valence-corrected chi connectivity index (χ4v) is 2.03. The van der Waals surface area contributed by atoms with Gasteiger partial charge in [0, 0.05) is 10.6 Å². The van der Waals surface area contributed by atoms with Gasteiger partial charge in [0.15, 0.2) is 11.2 Å². The third kappa shape index (κ3) is 2.06. The lowest BCUT2D eigenvalue weighted by Crippen LogP contribution is -1.78. The summed E-state index contributed by atoms with van der Waals surface area (Å²) >= 11 is 9.22. The molecule has 0 radical (unpaired) electrons. The smallest absolute Gasteiger partial charge is 0.228 e. The van der Waals surface area contributed by atoms with Crippen LogP contribution in [0.2, 0.25) is 5.02 Å². The minimum Gasteiger partial charge on any atom is -0.434 e. The Kier molecular flexibility index (Phi) is 2.61. The van der Waals surface area contributed by atoms with E-state index in [2.05, 4.69) is 25.9 Å². The Morgan fingerprint density at radius 3 is 2.82 bits per heavy atom. The highest BCUT2D eigenvalue weighted by Crippen LogP contribution is 2.26. The predicted molar refractivity (Wildman–Crippen MR) is 70.0 cm³/mol. The van der Waals surface area contributed by atoms with Crippen molar-refractivity contribution in [3.63, 3.8) is 0 Å². The van der Waals surface area contributed by atoms with E-state index in [1.807, 2.05) is 30.3 Å². The van der Waals surface area contributed by atoms with Crippen molar-refractivity contribution in [2.75, 3.05) is 0 Å². The maximum Gasteiger partial charge on any atom is 0.228 e. The van der Waals surface area contributed by atoms with Gasteiger partial charge in [-0.25, -0.2) is 4.98 Å². The molecule has 0 atom stereocenters. The zero-order valence-electron chi connectivity index (χ0n) is 8.52. The highest BCUT2D eigenvalue weighted by molar-refractivity contribution is 9.10. The van der Waals surface area contributed by atoms with Gasteiger partial charge in [-0.1, -0.05) is 17.7 Å². The molecule has 0 bridgehead atoms. The van der Waals surface area contributed by atoms with Crippen LogP contribution in [0.3, 0.4) is 0 Å². The average molecular weight is 310 g/mol. The fraction of sp³-hybridized carbons (Fsp3) is 0. The monoisotopic (exact) mass is 308 g/mol. The molecule has 0 spiro atoms. The number of benzene rings is 1. The Balaban J connectivity index is 2.18. The number of hydrogen-bond donors (Lipinski definition) is 0. The molecule has 1 aromatic carbocycles. The van der Waals surface area contributed by atoms with Crippen LogP contribution in [0.4, 0.5) is 0 Å². The quantitative estimate of drug-likeness (QED) is 0.629. The minimum absolute atomic E-state index is 0.521. The molecule has 0 aliphatic carbocycles. The van der Waals surface area contributed by atoms with Crippen molar-refractivity contribution in [1.82, 2.24) is 9.97 Å².